The van der Waals surface area contributed by atoms with Gasteiger partial charge in [0.2, 0.25) is 0 Å². The number of amides is 1. The first-order valence-corrected chi connectivity index (χ1v) is 8.29. The molecule has 2 N–H and O–H groups in total. The van der Waals surface area contributed by atoms with E-state index in [4.69, 9.17) is 4.74 Å². The lowest BCUT2D eigenvalue weighted by Gasteiger charge is -2.36. The second kappa shape index (κ2) is 7.68. The third kappa shape index (κ3) is 4.86. The third-order valence-corrected chi connectivity index (χ3v) is 4.30. The molecule has 0 spiro atoms. The number of phenolic OH excluding ortho intramolecular Hbond substituents is 1. The van der Waals surface area contributed by atoms with Crippen molar-refractivity contribution in [3.63, 3.8) is 0 Å². The quantitative estimate of drug-likeness (QED) is 0.875. The molecule has 3 unspecified atom stereocenters. The van der Waals surface area contributed by atoms with Gasteiger partial charge in [-0.05, 0) is 37.3 Å². The second-order valence-electron chi connectivity index (χ2n) is 6.92. The predicted molar refractivity (Wildman–Crippen MR) is 91.0 cm³/mol. The number of likely N-dealkylation sites (tertiary alicyclic amines) is 1. The Bertz CT molecular complexity index is 537. The molecular formula is C18H28N2O3. The fourth-order valence-corrected chi connectivity index (χ4v) is 3.51. The van der Waals surface area contributed by atoms with Crippen LogP contribution in [0.2, 0.25) is 0 Å². The standard InChI is InChI=1S/C18H28N2O3/c1-12-7-13(2)10-20(9-12)11-14(3)19-18(22)16-6-5-15(23-4)8-17(16)21/h5-6,8,12-14,21H,7,9-11H2,1-4H3,(H,19,22). The summed E-state index contributed by atoms with van der Waals surface area (Å²) in [5.74, 6) is 1.62. The molecule has 23 heavy (non-hydrogen) atoms. The lowest BCUT2D eigenvalue weighted by Crippen LogP contribution is -2.47. The average molecular weight is 320 g/mol. The molecule has 1 saturated heterocycles. The van der Waals surface area contributed by atoms with Crippen molar-refractivity contribution in [2.45, 2.75) is 33.2 Å². The van der Waals surface area contributed by atoms with Crippen molar-refractivity contribution in [1.82, 2.24) is 10.2 Å². The molecule has 0 bridgehead atoms. The fourth-order valence-electron chi connectivity index (χ4n) is 3.51. The van der Waals surface area contributed by atoms with E-state index in [9.17, 15) is 9.90 Å². The molecule has 5 nitrogen and oxygen atoms in total. The van der Waals surface area contributed by atoms with E-state index in [1.54, 1.807) is 12.1 Å². The summed E-state index contributed by atoms with van der Waals surface area (Å²) >= 11 is 0. The molecule has 1 amide bonds. The maximum absolute atomic E-state index is 12.3. The Labute approximate surface area is 138 Å². The van der Waals surface area contributed by atoms with Gasteiger partial charge in [0, 0.05) is 31.7 Å². The van der Waals surface area contributed by atoms with Gasteiger partial charge in [-0.2, -0.15) is 0 Å². The molecule has 0 aliphatic carbocycles. The first-order chi connectivity index (χ1) is 10.9. The van der Waals surface area contributed by atoms with E-state index in [2.05, 4.69) is 24.1 Å². The summed E-state index contributed by atoms with van der Waals surface area (Å²) in [5.41, 5.74) is 0.276. The van der Waals surface area contributed by atoms with Crippen molar-refractivity contribution in [1.29, 1.82) is 0 Å². The number of methoxy groups -OCH3 is 1. The fraction of sp³-hybridized carbons (Fsp3) is 0.611. The smallest absolute Gasteiger partial charge is 0.255 e. The van der Waals surface area contributed by atoms with Gasteiger partial charge in [-0.15, -0.1) is 0 Å². The summed E-state index contributed by atoms with van der Waals surface area (Å²) in [4.78, 5) is 14.7. The van der Waals surface area contributed by atoms with Crippen LogP contribution < -0.4 is 10.1 Å². The summed E-state index contributed by atoms with van der Waals surface area (Å²) in [6, 6.07) is 4.74. The molecule has 0 saturated carbocycles. The van der Waals surface area contributed by atoms with Crippen LogP contribution in [0.5, 0.6) is 11.5 Å². The zero-order chi connectivity index (χ0) is 17.0. The highest BCUT2D eigenvalue weighted by Crippen LogP contribution is 2.24. The number of rotatable bonds is 5. The van der Waals surface area contributed by atoms with Crippen molar-refractivity contribution in [3.05, 3.63) is 23.8 Å². The van der Waals surface area contributed by atoms with Gasteiger partial charge in [-0.3, -0.25) is 4.79 Å². The molecule has 1 fully saturated rings. The third-order valence-electron chi connectivity index (χ3n) is 4.30. The number of nitrogens with zero attached hydrogens (tertiary/aromatic N) is 1. The first kappa shape index (κ1) is 17.6. The molecule has 2 rings (SSSR count). The minimum atomic E-state index is -0.254. The number of carbonyl (C=O) groups excluding carboxylic acids is 1. The van der Waals surface area contributed by atoms with E-state index >= 15 is 0 Å². The number of hydrogen-bond acceptors (Lipinski definition) is 4. The van der Waals surface area contributed by atoms with Crippen LogP contribution >= 0.6 is 0 Å². The zero-order valence-corrected chi connectivity index (χ0v) is 14.5. The number of piperidine rings is 1. The monoisotopic (exact) mass is 320 g/mol. The molecule has 1 aliphatic rings. The van der Waals surface area contributed by atoms with E-state index in [0.717, 1.165) is 19.6 Å². The lowest BCUT2D eigenvalue weighted by molar-refractivity contribution is 0.0902. The van der Waals surface area contributed by atoms with E-state index < -0.39 is 0 Å². The Hall–Kier alpha value is -1.75. The molecule has 1 aliphatic heterocycles. The van der Waals surface area contributed by atoms with Gasteiger partial charge < -0.3 is 20.1 Å². The number of ether oxygens (including phenoxy) is 1. The maximum Gasteiger partial charge on any atom is 0.255 e. The molecule has 0 radical (unpaired) electrons. The maximum atomic E-state index is 12.3. The second-order valence-corrected chi connectivity index (χ2v) is 6.92. The Balaban J connectivity index is 1.92. The van der Waals surface area contributed by atoms with Gasteiger partial charge in [-0.1, -0.05) is 13.8 Å². The summed E-state index contributed by atoms with van der Waals surface area (Å²) in [6.07, 6.45) is 1.27. The van der Waals surface area contributed by atoms with Crippen molar-refractivity contribution < 1.29 is 14.6 Å². The van der Waals surface area contributed by atoms with Crippen LogP contribution in [-0.4, -0.2) is 48.7 Å². The molecule has 128 valence electrons. The summed E-state index contributed by atoms with van der Waals surface area (Å²) in [5, 5.41) is 12.9. The van der Waals surface area contributed by atoms with Crippen LogP contribution in [0, 0.1) is 11.8 Å². The SMILES string of the molecule is COc1ccc(C(=O)NC(C)CN2CC(C)CC(C)C2)c(O)c1. The van der Waals surface area contributed by atoms with E-state index in [-0.39, 0.29) is 23.3 Å². The van der Waals surface area contributed by atoms with Crippen LogP contribution in [0.4, 0.5) is 0 Å². The van der Waals surface area contributed by atoms with E-state index in [1.807, 2.05) is 6.92 Å². The zero-order valence-electron chi connectivity index (χ0n) is 14.5. The summed E-state index contributed by atoms with van der Waals surface area (Å²) in [6.45, 7) is 9.55. The van der Waals surface area contributed by atoms with E-state index in [1.165, 1.54) is 19.6 Å². The van der Waals surface area contributed by atoms with Crippen molar-refractivity contribution in [2.24, 2.45) is 11.8 Å². The summed E-state index contributed by atoms with van der Waals surface area (Å²) in [7, 11) is 1.52. The van der Waals surface area contributed by atoms with Crippen LogP contribution in [0.15, 0.2) is 18.2 Å². The molecule has 5 heteroatoms. The van der Waals surface area contributed by atoms with Crippen LogP contribution in [0.1, 0.15) is 37.6 Å². The molecular weight excluding hydrogens is 292 g/mol. The van der Waals surface area contributed by atoms with Crippen molar-refractivity contribution in [3.8, 4) is 11.5 Å². The molecule has 1 aromatic carbocycles. The first-order valence-electron chi connectivity index (χ1n) is 8.29. The Morgan fingerprint density at radius 3 is 2.61 bits per heavy atom. The van der Waals surface area contributed by atoms with Gasteiger partial charge in [0.05, 0.1) is 12.7 Å². The summed E-state index contributed by atoms with van der Waals surface area (Å²) < 4.78 is 5.03. The largest absolute Gasteiger partial charge is 0.507 e. The van der Waals surface area contributed by atoms with E-state index in [0.29, 0.717) is 17.6 Å². The van der Waals surface area contributed by atoms with Crippen molar-refractivity contribution in [2.75, 3.05) is 26.7 Å². The number of hydrogen-bond donors (Lipinski definition) is 2. The highest BCUT2D eigenvalue weighted by atomic mass is 16.5. The minimum absolute atomic E-state index is 0.0292. The predicted octanol–water partition coefficient (Wildman–Crippen LogP) is 2.50. The molecule has 1 aromatic rings. The van der Waals surface area contributed by atoms with Gasteiger partial charge in [0.25, 0.3) is 5.91 Å². The van der Waals surface area contributed by atoms with Gasteiger partial charge in [-0.25, -0.2) is 0 Å². The van der Waals surface area contributed by atoms with Crippen LogP contribution in [-0.2, 0) is 0 Å². The Kier molecular flexibility index (Phi) is 5.88. The average Bonchev–Trinajstić information content (AvgIpc) is 2.45. The Morgan fingerprint density at radius 2 is 2.04 bits per heavy atom. The number of benzene rings is 1. The van der Waals surface area contributed by atoms with Crippen LogP contribution in [0.25, 0.3) is 0 Å². The number of nitrogens with one attached hydrogen (secondary N) is 1. The van der Waals surface area contributed by atoms with Gasteiger partial charge in [0.1, 0.15) is 11.5 Å². The normalized spacial score (nSPS) is 23.3. The Morgan fingerprint density at radius 1 is 1.39 bits per heavy atom. The number of phenols is 1. The molecule has 3 atom stereocenters. The highest BCUT2D eigenvalue weighted by Gasteiger charge is 2.23. The van der Waals surface area contributed by atoms with Gasteiger partial charge >= 0.3 is 0 Å². The van der Waals surface area contributed by atoms with Crippen molar-refractivity contribution >= 4 is 5.91 Å². The minimum Gasteiger partial charge on any atom is -0.507 e. The molecule has 1 heterocycles. The lowest BCUT2D eigenvalue weighted by atomic mass is 9.92. The van der Waals surface area contributed by atoms with Crippen LogP contribution in [0.3, 0.4) is 0 Å². The highest BCUT2D eigenvalue weighted by molar-refractivity contribution is 5.97. The topological polar surface area (TPSA) is 61.8 Å². The molecule has 0 aromatic heterocycles. The number of carbonyl (C=O) groups is 1. The van der Waals surface area contributed by atoms with Gasteiger partial charge in [0.15, 0.2) is 0 Å². The number of aromatic hydroxyl groups is 1.